The minimum atomic E-state index is -0.537. The van der Waals surface area contributed by atoms with Crippen molar-refractivity contribution in [2.24, 2.45) is 0 Å². The van der Waals surface area contributed by atoms with E-state index in [4.69, 9.17) is 4.74 Å². The van der Waals surface area contributed by atoms with Gasteiger partial charge in [-0.1, -0.05) is 12.1 Å². The van der Waals surface area contributed by atoms with Gasteiger partial charge in [0.2, 0.25) is 5.91 Å². The van der Waals surface area contributed by atoms with Gasteiger partial charge in [0.05, 0.1) is 11.8 Å². The largest absolute Gasteiger partial charge is 0.479 e. The number of ether oxygens (including phenoxy) is 1. The fraction of sp³-hybridized carbons (Fsp3) is 0.529. The molecule has 0 saturated carbocycles. The van der Waals surface area contributed by atoms with Crippen molar-refractivity contribution in [1.82, 2.24) is 4.90 Å². The topological polar surface area (TPSA) is 70.1 Å². The van der Waals surface area contributed by atoms with Gasteiger partial charge in [-0.25, -0.2) is 0 Å². The van der Waals surface area contributed by atoms with Crippen molar-refractivity contribution in [2.75, 3.05) is 24.5 Å². The molecule has 2 amide bonds. The Morgan fingerprint density at radius 1 is 1.30 bits per heavy atom. The van der Waals surface area contributed by atoms with Crippen molar-refractivity contribution in [2.45, 2.75) is 38.4 Å². The molecule has 0 radical (unpaired) electrons. The van der Waals surface area contributed by atoms with Crippen LogP contribution in [-0.4, -0.2) is 53.7 Å². The smallest absolute Gasteiger partial charge is 0.267 e. The Hall–Kier alpha value is -2.08. The molecule has 1 aromatic carbocycles. The first kappa shape index (κ1) is 15.8. The number of likely N-dealkylation sites (tertiary alicyclic amines) is 1. The standard InChI is InChI=1S/C17H22N2O4/c1-12-17(22)19(14-4-2-3-5-15(14)23-12)11-8-16(21)18-9-6-13(20)7-10-18/h2-5,12-13,20H,6-11H2,1H3. The van der Waals surface area contributed by atoms with E-state index in [-0.39, 0.29) is 24.3 Å². The Morgan fingerprint density at radius 2 is 2.00 bits per heavy atom. The van der Waals surface area contributed by atoms with Crippen LogP contribution in [0.1, 0.15) is 26.2 Å². The molecule has 0 spiro atoms. The van der Waals surface area contributed by atoms with Gasteiger partial charge in [0.1, 0.15) is 5.75 Å². The molecule has 1 aromatic rings. The SMILES string of the molecule is CC1Oc2ccccc2N(CCC(=O)N2CCC(O)CC2)C1=O. The predicted octanol–water partition coefficient (Wildman–Crippen LogP) is 1.17. The Kier molecular flexibility index (Phi) is 4.52. The highest BCUT2D eigenvalue weighted by Crippen LogP contribution is 2.33. The first-order chi connectivity index (χ1) is 11.1. The lowest BCUT2D eigenvalue weighted by atomic mass is 10.1. The third kappa shape index (κ3) is 3.32. The normalized spacial score (nSPS) is 21.8. The van der Waals surface area contributed by atoms with Gasteiger partial charge < -0.3 is 19.6 Å². The second-order valence-electron chi connectivity index (χ2n) is 6.08. The van der Waals surface area contributed by atoms with Crippen LogP contribution in [0.5, 0.6) is 5.75 Å². The summed E-state index contributed by atoms with van der Waals surface area (Å²) < 4.78 is 5.59. The van der Waals surface area contributed by atoms with Crippen LogP contribution in [0.15, 0.2) is 24.3 Å². The lowest BCUT2D eigenvalue weighted by Gasteiger charge is -2.34. The lowest BCUT2D eigenvalue weighted by Crippen LogP contribution is -2.47. The van der Waals surface area contributed by atoms with Gasteiger partial charge in [-0.15, -0.1) is 0 Å². The summed E-state index contributed by atoms with van der Waals surface area (Å²) in [7, 11) is 0. The number of hydrogen-bond acceptors (Lipinski definition) is 4. The molecule has 6 heteroatoms. The first-order valence-electron chi connectivity index (χ1n) is 8.09. The maximum absolute atomic E-state index is 12.4. The molecule has 6 nitrogen and oxygen atoms in total. The molecule has 2 aliphatic rings. The molecular weight excluding hydrogens is 296 g/mol. The fourth-order valence-corrected chi connectivity index (χ4v) is 3.07. The second kappa shape index (κ2) is 6.58. The lowest BCUT2D eigenvalue weighted by molar-refractivity contribution is -0.133. The Bertz CT molecular complexity index is 596. The van der Waals surface area contributed by atoms with E-state index in [1.165, 1.54) is 0 Å². The third-order valence-electron chi connectivity index (χ3n) is 4.44. The molecular formula is C17H22N2O4. The van der Waals surface area contributed by atoms with Crippen LogP contribution in [0, 0.1) is 0 Å². The summed E-state index contributed by atoms with van der Waals surface area (Å²) >= 11 is 0. The quantitative estimate of drug-likeness (QED) is 0.908. The number of piperidine rings is 1. The molecule has 1 N–H and O–H groups in total. The predicted molar refractivity (Wildman–Crippen MR) is 85.3 cm³/mol. The number of hydrogen-bond donors (Lipinski definition) is 1. The number of carbonyl (C=O) groups excluding carboxylic acids is 2. The van der Waals surface area contributed by atoms with Crippen LogP contribution in [0.25, 0.3) is 0 Å². The summed E-state index contributed by atoms with van der Waals surface area (Å²) in [5, 5.41) is 9.51. The zero-order valence-electron chi connectivity index (χ0n) is 13.3. The molecule has 0 bridgehead atoms. The molecule has 1 atom stereocenters. The summed E-state index contributed by atoms with van der Waals surface area (Å²) in [5.74, 6) is 0.583. The molecule has 3 rings (SSSR count). The van der Waals surface area contributed by atoms with Crippen LogP contribution < -0.4 is 9.64 Å². The third-order valence-corrected chi connectivity index (χ3v) is 4.44. The fourth-order valence-electron chi connectivity index (χ4n) is 3.07. The van der Waals surface area contributed by atoms with E-state index in [2.05, 4.69) is 0 Å². The van der Waals surface area contributed by atoms with Crippen molar-refractivity contribution < 1.29 is 19.4 Å². The van der Waals surface area contributed by atoms with Crippen molar-refractivity contribution in [3.63, 3.8) is 0 Å². The number of nitrogens with zero attached hydrogens (tertiary/aromatic N) is 2. The summed E-state index contributed by atoms with van der Waals surface area (Å²) in [5.41, 5.74) is 0.720. The van der Waals surface area contributed by atoms with E-state index in [0.29, 0.717) is 38.2 Å². The Labute approximate surface area is 135 Å². The number of aliphatic hydroxyl groups is 1. The van der Waals surface area contributed by atoms with E-state index in [0.717, 1.165) is 5.69 Å². The van der Waals surface area contributed by atoms with Gasteiger partial charge in [-0.3, -0.25) is 9.59 Å². The molecule has 1 unspecified atom stereocenters. The molecule has 124 valence electrons. The molecule has 2 heterocycles. The monoisotopic (exact) mass is 318 g/mol. The van der Waals surface area contributed by atoms with Crippen molar-refractivity contribution in [1.29, 1.82) is 0 Å². The summed E-state index contributed by atoms with van der Waals surface area (Å²) in [6, 6.07) is 7.38. The van der Waals surface area contributed by atoms with Gasteiger partial charge in [0, 0.05) is 26.1 Å². The van der Waals surface area contributed by atoms with Gasteiger partial charge in [-0.05, 0) is 31.9 Å². The molecule has 23 heavy (non-hydrogen) atoms. The first-order valence-corrected chi connectivity index (χ1v) is 8.09. The number of para-hydroxylation sites is 2. The molecule has 1 fully saturated rings. The Morgan fingerprint density at radius 3 is 2.74 bits per heavy atom. The highest BCUT2D eigenvalue weighted by atomic mass is 16.5. The highest BCUT2D eigenvalue weighted by Gasteiger charge is 2.32. The van der Waals surface area contributed by atoms with Crippen LogP contribution in [0.2, 0.25) is 0 Å². The number of aliphatic hydroxyl groups excluding tert-OH is 1. The summed E-state index contributed by atoms with van der Waals surface area (Å²) in [6.45, 7) is 3.24. The van der Waals surface area contributed by atoms with Crippen molar-refractivity contribution >= 4 is 17.5 Å². The number of fused-ring (bicyclic) bond motifs is 1. The second-order valence-corrected chi connectivity index (χ2v) is 6.08. The van der Waals surface area contributed by atoms with Gasteiger partial charge >= 0.3 is 0 Å². The number of benzene rings is 1. The number of rotatable bonds is 3. The maximum atomic E-state index is 12.4. The van der Waals surface area contributed by atoms with E-state index >= 15 is 0 Å². The maximum Gasteiger partial charge on any atom is 0.267 e. The zero-order valence-corrected chi connectivity index (χ0v) is 13.3. The number of anilines is 1. The van der Waals surface area contributed by atoms with Crippen LogP contribution in [0.3, 0.4) is 0 Å². The van der Waals surface area contributed by atoms with E-state index in [1.807, 2.05) is 24.3 Å². The van der Waals surface area contributed by atoms with Crippen molar-refractivity contribution in [3.05, 3.63) is 24.3 Å². The zero-order chi connectivity index (χ0) is 16.4. The highest BCUT2D eigenvalue weighted by molar-refractivity contribution is 6.00. The minimum absolute atomic E-state index is 0.0290. The number of carbonyl (C=O) groups is 2. The molecule has 1 saturated heterocycles. The summed E-state index contributed by atoms with van der Waals surface area (Å²) in [6.07, 6.45) is 0.699. The van der Waals surface area contributed by atoms with Crippen LogP contribution in [0.4, 0.5) is 5.69 Å². The average molecular weight is 318 g/mol. The van der Waals surface area contributed by atoms with E-state index in [9.17, 15) is 14.7 Å². The van der Waals surface area contributed by atoms with Gasteiger partial charge in [0.15, 0.2) is 6.10 Å². The number of amides is 2. The van der Waals surface area contributed by atoms with E-state index in [1.54, 1.807) is 16.7 Å². The average Bonchev–Trinajstić information content (AvgIpc) is 2.55. The molecule has 2 aliphatic heterocycles. The molecule has 0 aliphatic carbocycles. The summed E-state index contributed by atoms with van der Waals surface area (Å²) in [4.78, 5) is 28.1. The van der Waals surface area contributed by atoms with E-state index < -0.39 is 6.10 Å². The van der Waals surface area contributed by atoms with Crippen LogP contribution in [-0.2, 0) is 9.59 Å². The van der Waals surface area contributed by atoms with Crippen molar-refractivity contribution in [3.8, 4) is 5.75 Å². The minimum Gasteiger partial charge on any atom is -0.479 e. The van der Waals surface area contributed by atoms with Gasteiger partial charge in [-0.2, -0.15) is 0 Å². The van der Waals surface area contributed by atoms with Crippen LogP contribution >= 0.6 is 0 Å². The molecule has 0 aromatic heterocycles. The van der Waals surface area contributed by atoms with Gasteiger partial charge in [0.25, 0.3) is 5.91 Å². The Balaban J connectivity index is 1.65.